The summed E-state index contributed by atoms with van der Waals surface area (Å²) in [5.74, 6) is 0.815. The normalized spacial score (nSPS) is 20.1. The maximum Gasteiger partial charge on any atom is 0.229 e. The molecule has 0 unspecified atom stereocenters. The van der Waals surface area contributed by atoms with Gasteiger partial charge in [-0.25, -0.2) is 4.98 Å². The maximum absolute atomic E-state index is 12.5. The zero-order chi connectivity index (χ0) is 24.7. The summed E-state index contributed by atoms with van der Waals surface area (Å²) < 4.78 is 0. The molecule has 2 aliphatic rings. The number of aromatic nitrogens is 2. The van der Waals surface area contributed by atoms with E-state index in [0.29, 0.717) is 33.2 Å². The molecule has 1 saturated carbocycles. The van der Waals surface area contributed by atoms with Crippen LogP contribution in [0, 0.1) is 5.92 Å². The van der Waals surface area contributed by atoms with Gasteiger partial charge in [0.25, 0.3) is 0 Å². The molecule has 2 atom stereocenters. The van der Waals surface area contributed by atoms with E-state index in [-0.39, 0.29) is 23.9 Å². The zero-order valence-electron chi connectivity index (χ0n) is 20.1. The lowest BCUT2D eigenvalue weighted by atomic mass is 10.0. The van der Waals surface area contributed by atoms with E-state index in [0.717, 1.165) is 19.3 Å². The molecule has 4 rings (SSSR count). The maximum atomic E-state index is 12.5. The number of nitrogens with zero attached hydrogens (tertiary/aromatic N) is 3. The predicted octanol–water partition coefficient (Wildman–Crippen LogP) is 4.93. The Hall–Kier alpha value is -2.29. The minimum Gasteiger partial charge on any atom is -0.398 e. The second-order valence-corrected chi connectivity index (χ2v) is 10.0. The van der Waals surface area contributed by atoms with Gasteiger partial charge in [0, 0.05) is 17.8 Å². The highest BCUT2D eigenvalue weighted by Crippen LogP contribution is 2.31. The smallest absolute Gasteiger partial charge is 0.229 e. The number of rotatable bonds is 6. The molecule has 186 valence electrons. The zero-order valence-corrected chi connectivity index (χ0v) is 21.6. The fourth-order valence-corrected chi connectivity index (χ4v) is 4.48. The molecule has 1 aromatic carbocycles. The minimum absolute atomic E-state index is 0.0232. The van der Waals surface area contributed by atoms with E-state index in [1.165, 1.54) is 32.1 Å². The molecule has 1 saturated heterocycles. The van der Waals surface area contributed by atoms with Crippen molar-refractivity contribution in [2.24, 2.45) is 5.92 Å². The van der Waals surface area contributed by atoms with Crippen LogP contribution in [0.15, 0.2) is 24.4 Å². The molecule has 0 spiro atoms. The number of amides is 1. The van der Waals surface area contributed by atoms with Gasteiger partial charge in [-0.2, -0.15) is 4.98 Å². The van der Waals surface area contributed by atoms with E-state index >= 15 is 0 Å². The molecule has 5 N–H and O–H groups in total. The van der Waals surface area contributed by atoms with Gasteiger partial charge in [0.1, 0.15) is 5.02 Å². The number of anilines is 4. The Morgan fingerprint density at radius 3 is 2.50 bits per heavy atom. The van der Waals surface area contributed by atoms with Gasteiger partial charge < -0.3 is 26.6 Å². The average molecular weight is 508 g/mol. The number of hydrogen-bond donors (Lipinski definition) is 4. The van der Waals surface area contributed by atoms with Crippen LogP contribution >= 0.6 is 23.2 Å². The van der Waals surface area contributed by atoms with E-state index in [2.05, 4.69) is 37.9 Å². The monoisotopic (exact) mass is 507 g/mol. The van der Waals surface area contributed by atoms with E-state index in [4.69, 9.17) is 28.9 Å². The topological polar surface area (TPSA) is 108 Å². The Morgan fingerprint density at radius 1 is 1.15 bits per heavy atom. The van der Waals surface area contributed by atoms with Crippen LogP contribution in [-0.4, -0.2) is 53.0 Å². The molecule has 2 aromatic rings. The number of likely N-dealkylation sites (tertiary alicyclic amines) is 1. The van der Waals surface area contributed by atoms with Crippen LogP contribution in [0.1, 0.15) is 46.0 Å². The Morgan fingerprint density at radius 2 is 1.88 bits per heavy atom. The first kappa shape index (κ1) is 26.3. The molecule has 34 heavy (non-hydrogen) atoms. The highest BCUT2D eigenvalue weighted by molar-refractivity contribution is 6.33. The molecule has 10 heteroatoms. The first-order chi connectivity index (χ1) is 16.2. The molecular weight excluding hydrogens is 473 g/mol. The van der Waals surface area contributed by atoms with Crippen LogP contribution in [0.5, 0.6) is 0 Å². The lowest BCUT2D eigenvalue weighted by Gasteiger charge is -2.22. The molecule has 2 fully saturated rings. The van der Waals surface area contributed by atoms with Crippen molar-refractivity contribution < 1.29 is 4.79 Å². The second-order valence-electron chi connectivity index (χ2n) is 9.21. The van der Waals surface area contributed by atoms with Gasteiger partial charge in [-0.3, -0.25) is 4.79 Å². The first-order valence-corrected chi connectivity index (χ1v) is 12.6. The van der Waals surface area contributed by atoms with Crippen molar-refractivity contribution in [3.05, 3.63) is 34.4 Å². The second kappa shape index (κ2) is 12.4. The lowest BCUT2D eigenvalue weighted by Crippen LogP contribution is -2.41. The summed E-state index contributed by atoms with van der Waals surface area (Å²) in [6.07, 6.45) is 7.05. The molecule has 2 heterocycles. The predicted molar refractivity (Wildman–Crippen MR) is 141 cm³/mol. The van der Waals surface area contributed by atoms with Crippen LogP contribution < -0.4 is 21.7 Å². The van der Waals surface area contributed by atoms with Crippen molar-refractivity contribution in [1.29, 1.82) is 0 Å². The Balaban J connectivity index is 0.000000469. The summed E-state index contributed by atoms with van der Waals surface area (Å²) in [6, 6.07) is 5.28. The average Bonchev–Trinajstić information content (AvgIpc) is 3.45. The molecule has 1 aliphatic carbocycles. The number of nitrogen functional groups attached to an aromatic ring is 1. The number of carbonyl (C=O) groups excluding carboxylic acids is 1. The fraction of sp³-hybridized carbons (Fsp3) is 0.542. The third-order valence-electron chi connectivity index (χ3n) is 5.94. The van der Waals surface area contributed by atoms with Crippen molar-refractivity contribution in [1.82, 2.24) is 20.2 Å². The number of carbonyl (C=O) groups is 1. The highest BCUT2D eigenvalue weighted by atomic mass is 35.5. The van der Waals surface area contributed by atoms with Crippen LogP contribution in [0.25, 0.3) is 0 Å². The molecule has 0 radical (unpaired) electrons. The van der Waals surface area contributed by atoms with Gasteiger partial charge in [-0.1, -0.05) is 29.6 Å². The number of nitrogens with one attached hydrogen (secondary N) is 3. The van der Waals surface area contributed by atoms with Gasteiger partial charge in [-0.05, 0) is 77.9 Å². The number of nitrogens with two attached hydrogens (primary N) is 1. The van der Waals surface area contributed by atoms with Crippen molar-refractivity contribution in [2.45, 2.75) is 58.0 Å². The molecule has 1 aliphatic heterocycles. The fourth-order valence-electron chi connectivity index (χ4n) is 4.15. The minimum atomic E-state index is -0.110. The molecule has 1 amide bonds. The third-order valence-corrected chi connectivity index (χ3v) is 6.54. The standard InChI is InChI=1S/C19H24Cl2N6O.C5H11N/c1-10(2)24-18(28)12-4-3-5-16(12)26-17-14(21)9-23-19(27-17)25-11-6-7-15(22)13(20)8-11;1-6-4-2-3-5-6/h6-10,12,16H,3-5,22H2,1-2H3,(H,24,28)(H2,23,25,26,27);2-5H2,1H3/t12-,16+;/m0./s1. The Labute approximate surface area is 212 Å². The number of halogens is 2. The van der Waals surface area contributed by atoms with Crippen molar-refractivity contribution in [3.63, 3.8) is 0 Å². The quantitative estimate of drug-likeness (QED) is 0.410. The number of benzene rings is 1. The molecular formula is C24H35Cl2N7O. The van der Waals surface area contributed by atoms with Crippen molar-refractivity contribution in [2.75, 3.05) is 36.5 Å². The van der Waals surface area contributed by atoms with E-state index in [9.17, 15) is 4.79 Å². The SMILES string of the molecule is CC(C)NC(=O)[C@H]1CCC[C@H]1Nc1nc(Nc2ccc(N)c(Cl)c2)ncc1Cl.CN1CCCC1. The van der Waals surface area contributed by atoms with E-state index in [1.807, 2.05) is 13.8 Å². The van der Waals surface area contributed by atoms with Crippen molar-refractivity contribution in [3.8, 4) is 0 Å². The lowest BCUT2D eigenvalue weighted by molar-refractivity contribution is -0.125. The summed E-state index contributed by atoms with van der Waals surface area (Å²) in [5, 5.41) is 10.2. The van der Waals surface area contributed by atoms with Gasteiger partial charge in [0.15, 0.2) is 5.82 Å². The van der Waals surface area contributed by atoms with Crippen LogP contribution in [-0.2, 0) is 4.79 Å². The third kappa shape index (κ3) is 7.61. The molecule has 1 aromatic heterocycles. The van der Waals surface area contributed by atoms with Crippen LogP contribution in [0.2, 0.25) is 10.0 Å². The van der Waals surface area contributed by atoms with Crippen molar-refractivity contribution >= 4 is 52.3 Å². The Bertz CT molecular complexity index is 966. The van der Waals surface area contributed by atoms with Crippen LogP contribution in [0.4, 0.5) is 23.1 Å². The van der Waals surface area contributed by atoms with E-state index in [1.54, 1.807) is 18.2 Å². The van der Waals surface area contributed by atoms with Gasteiger partial charge >= 0.3 is 0 Å². The first-order valence-electron chi connectivity index (χ1n) is 11.8. The summed E-state index contributed by atoms with van der Waals surface area (Å²) in [5.41, 5.74) is 6.94. The summed E-state index contributed by atoms with van der Waals surface area (Å²) in [7, 11) is 2.17. The molecule has 0 bridgehead atoms. The summed E-state index contributed by atoms with van der Waals surface area (Å²) in [4.78, 5) is 23.5. The largest absolute Gasteiger partial charge is 0.398 e. The van der Waals surface area contributed by atoms with Gasteiger partial charge in [-0.15, -0.1) is 0 Å². The van der Waals surface area contributed by atoms with Gasteiger partial charge in [0.2, 0.25) is 11.9 Å². The highest BCUT2D eigenvalue weighted by Gasteiger charge is 2.33. The molecule has 8 nitrogen and oxygen atoms in total. The van der Waals surface area contributed by atoms with Gasteiger partial charge in [0.05, 0.1) is 22.8 Å². The number of hydrogen-bond acceptors (Lipinski definition) is 7. The van der Waals surface area contributed by atoms with E-state index < -0.39 is 0 Å². The Kier molecular flexibility index (Phi) is 9.62. The summed E-state index contributed by atoms with van der Waals surface area (Å²) >= 11 is 12.3. The van der Waals surface area contributed by atoms with Crippen LogP contribution in [0.3, 0.4) is 0 Å². The summed E-state index contributed by atoms with van der Waals surface area (Å²) in [6.45, 7) is 6.55.